The molecule has 1 amide bonds. The molecule has 1 saturated heterocycles. The molecule has 0 unspecified atom stereocenters. The van der Waals surface area contributed by atoms with Gasteiger partial charge in [-0.1, -0.05) is 46.3 Å². The Morgan fingerprint density at radius 2 is 2.19 bits per heavy atom. The average Bonchev–Trinajstić information content (AvgIpc) is 3.02. The Bertz CT molecular complexity index is 674. The molecule has 1 aromatic carbocycles. The van der Waals surface area contributed by atoms with Crippen LogP contribution in [-0.4, -0.2) is 23.7 Å². The molecule has 0 bridgehead atoms. The predicted octanol–water partition coefficient (Wildman–Crippen LogP) is 4.45. The van der Waals surface area contributed by atoms with Crippen LogP contribution in [0.3, 0.4) is 0 Å². The van der Waals surface area contributed by atoms with Gasteiger partial charge in [0.1, 0.15) is 12.3 Å². The number of hydrogen-bond acceptors (Lipinski definition) is 4. The Hall–Kier alpha value is -1.47. The fourth-order valence-electron chi connectivity index (χ4n) is 2.18. The van der Waals surface area contributed by atoms with Gasteiger partial charge in [0, 0.05) is 10.0 Å². The molecular weight excluding hydrogens is 359 g/mol. The highest BCUT2D eigenvalue weighted by molar-refractivity contribution is 9.10. The summed E-state index contributed by atoms with van der Waals surface area (Å²) in [4.78, 5) is 17.5. The smallest absolute Gasteiger partial charge is 0.416 e. The Kier molecular flexibility index (Phi) is 3.95. The number of rotatable bonds is 3. The van der Waals surface area contributed by atoms with Gasteiger partial charge in [-0.25, -0.2) is 14.7 Å². The molecule has 4 nitrogen and oxygen atoms in total. The number of anilines is 1. The molecule has 21 heavy (non-hydrogen) atoms. The maximum absolute atomic E-state index is 14.2. The number of ether oxygens (including phenoxy) is 1. The van der Waals surface area contributed by atoms with Crippen LogP contribution in [-0.2, 0) is 4.74 Å². The van der Waals surface area contributed by atoms with Crippen molar-refractivity contribution < 1.29 is 13.9 Å². The number of cyclic esters (lactones) is 1. The number of carbonyl (C=O) groups excluding carboxylic acids is 1. The van der Waals surface area contributed by atoms with Crippen molar-refractivity contribution in [2.45, 2.75) is 19.4 Å². The number of thiazole rings is 1. The first-order valence-electron chi connectivity index (χ1n) is 6.48. The Labute approximate surface area is 133 Å². The maximum Gasteiger partial charge on any atom is 0.416 e. The Balaban J connectivity index is 1.97. The van der Waals surface area contributed by atoms with Crippen LogP contribution in [0.5, 0.6) is 0 Å². The molecule has 0 N–H and O–H groups in total. The highest BCUT2D eigenvalue weighted by atomic mass is 79.9. The third-order valence-electron chi connectivity index (χ3n) is 3.33. The summed E-state index contributed by atoms with van der Waals surface area (Å²) < 4.78 is 20.1. The van der Waals surface area contributed by atoms with Crippen LogP contribution in [0.1, 0.15) is 13.3 Å². The van der Waals surface area contributed by atoms with E-state index in [1.165, 1.54) is 4.90 Å². The molecule has 110 valence electrons. The van der Waals surface area contributed by atoms with E-state index in [4.69, 9.17) is 4.74 Å². The highest BCUT2D eigenvalue weighted by Crippen LogP contribution is 2.35. The van der Waals surface area contributed by atoms with E-state index in [2.05, 4.69) is 20.9 Å². The van der Waals surface area contributed by atoms with Gasteiger partial charge < -0.3 is 4.74 Å². The van der Waals surface area contributed by atoms with E-state index in [9.17, 15) is 9.18 Å². The van der Waals surface area contributed by atoms with Crippen LogP contribution >= 0.6 is 27.3 Å². The van der Waals surface area contributed by atoms with Crippen molar-refractivity contribution in [3.05, 3.63) is 33.9 Å². The summed E-state index contributed by atoms with van der Waals surface area (Å²) >= 11 is 4.21. The second kappa shape index (κ2) is 5.73. The van der Waals surface area contributed by atoms with Gasteiger partial charge >= 0.3 is 6.09 Å². The van der Waals surface area contributed by atoms with E-state index in [0.717, 1.165) is 22.2 Å². The largest absolute Gasteiger partial charge is 0.447 e. The molecule has 7 heteroatoms. The van der Waals surface area contributed by atoms with Gasteiger partial charge in [-0.05, 0) is 18.6 Å². The van der Waals surface area contributed by atoms with Crippen molar-refractivity contribution in [1.29, 1.82) is 0 Å². The van der Waals surface area contributed by atoms with Crippen molar-refractivity contribution >= 4 is 38.5 Å². The molecule has 1 aromatic heterocycles. The van der Waals surface area contributed by atoms with E-state index in [0.29, 0.717) is 17.3 Å². The van der Waals surface area contributed by atoms with Crippen molar-refractivity contribution in [2.75, 3.05) is 11.5 Å². The van der Waals surface area contributed by atoms with E-state index in [-0.39, 0.29) is 11.7 Å². The summed E-state index contributed by atoms with van der Waals surface area (Å²) in [5.41, 5.74) is 0.941. The van der Waals surface area contributed by atoms with Gasteiger partial charge in [0.05, 0.1) is 6.04 Å². The molecule has 1 fully saturated rings. The van der Waals surface area contributed by atoms with Gasteiger partial charge in [-0.3, -0.25) is 0 Å². The minimum absolute atomic E-state index is 0.0826. The van der Waals surface area contributed by atoms with Crippen molar-refractivity contribution in [1.82, 2.24) is 4.98 Å². The first-order chi connectivity index (χ1) is 10.1. The summed E-state index contributed by atoms with van der Waals surface area (Å²) in [5, 5.41) is -0.0540. The molecule has 3 rings (SSSR count). The zero-order valence-corrected chi connectivity index (χ0v) is 13.6. The van der Waals surface area contributed by atoms with E-state index in [1.807, 2.05) is 19.1 Å². The number of nitrogens with zero attached hydrogens (tertiary/aromatic N) is 2. The first-order valence-corrected chi connectivity index (χ1v) is 8.09. The third kappa shape index (κ3) is 2.67. The Morgan fingerprint density at radius 3 is 2.86 bits per heavy atom. The van der Waals surface area contributed by atoms with Crippen LogP contribution in [0.25, 0.3) is 11.3 Å². The lowest BCUT2D eigenvalue weighted by molar-refractivity contribution is 0.178. The molecule has 0 aliphatic carbocycles. The lowest BCUT2D eigenvalue weighted by Gasteiger charge is -2.16. The molecule has 2 heterocycles. The highest BCUT2D eigenvalue weighted by Gasteiger charge is 2.35. The predicted molar refractivity (Wildman–Crippen MR) is 83.1 cm³/mol. The minimum atomic E-state index is -0.460. The van der Waals surface area contributed by atoms with E-state index < -0.39 is 11.2 Å². The van der Waals surface area contributed by atoms with Crippen molar-refractivity contribution in [3.63, 3.8) is 0 Å². The second-order valence-electron chi connectivity index (χ2n) is 4.63. The number of amides is 1. The number of halogens is 2. The van der Waals surface area contributed by atoms with Gasteiger partial charge in [0.15, 0.2) is 5.13 Å². The van der Waals surface area contributed by atoms with Gasteiger partial charge in [-0.2, -0.15) is 4.39 Å². The standard InChI is InChI=1S/C14H12BrFN2O2S/c1-2-10-7-20-14(19)18(10)13-17-11(12(16)21-13)8-3-5-9(15)6-4-8/h3-6,10H,2,7H2,1H3/t10-/m0/s1. The number of benzene rings is 1. The fourth-order valence-corrected chi connectivity index (χ4v) is 3.32. The van der Waals surface area contributed by atoms with E-state index in [1.54, 1.807) is 12.1 Å². The lowest BCUT2D eigenvalue weighted by atomic mass is 10.2. The SMILES string of the molecule is CC[C@H]1COC(=O)N1c1nc(-c2ccc(Br)cc2)c(F)s1. The Morgan fingerprint density at radius 1 is 1.48 bits per heavy atom. The molecule has 0 radical (unpaired) electrons. The molecule has 1 atom stereocenters. The number of hydrogen-bond donors (Lipinski definition) is 0. The normalized spacial score (nSPS) is 18.1. The first kappa shape index (κ1) is 14.5. The quantitative estimate of drug-likeness (QED) is 0.801. The monoisotopic (exact) mass is 370 g/mol. The second-order valence-corrected chi connectivity index (χ2v) is 6.48. The maximum atomic E-state index is 14.2. The average molecular weight is 371 g/mol. The van der Waals surface area contributed by atoms with Crippen molar-refractivity contribution in [2.24, 2.45) is 0 Å². The molecule has 2 aromatic rings. The van der Waals surface area contributed by atoms with Crippen LogP contribution in [0, 0.1) is 5.13 Å². The summed E-state index contributed by atoms with van der Waals surface area (Å²) in [7, 11) is 0. The van der Waals surface area contributed by atoms with Crippen LogP contribution < -0.4 is 4.90 Å². The van der Waals surface area contributed by atoms with Crippen LogP contribution in [0.4, 0.5) is 14.3 Å². The van der Waals surface area contributed by atoms with Gasteiger partial charge in [0.2, 0.25) is 5.13 Å². The van der Waals surface area contributed by atoms with Crippen LogP contribution in [0.2, 0.25) is 0 Å². The van der Waals surface area contributed by atoms with Gasteiger partial charge in [-0.15, -0.1) is 0 Å². The minimum Gasteiger partial charge on any atom is -0.447 e. The molecule has 0 saturated carbocycles. The summed E-state index contributed by atoms with van der Waals surface area (Å²) in [6.07, 6.45) is 0.276. The zero-order chi connectivity index (χ0) is 15.0. The molecule has 1 aliphatic rings. The van der Waals surface area contributed by atoms with Gasteiger partial charge in [0.25, 0.3) is 0 Å². The summed E-state index contributed by atoms with van der Waals surface area (Å²) in [6.45, 7) is 2.28. The third-order valence-corrected chi connectivity index (χ3v) is 4.70. The lowest BCUT2D eigenvalue weighted by Crippen LogP contribution is -2.32. The summed E-state index contributed by atoms with van der Waals surface area (Å²) in [5.74, 6) is 0. The molecular formula is C14H12BrFN2O2S. The van der Waals surface area contributed by atoms with Crippen molar-refractivity contribution in [3.8, 4) is 11.3 Å². The zero-order valence-electron chi connectivity index (χ0n) is 11.2. The topological polar surface area (TPSA) is 42.4 Å². The molecule has 0 spiro atoms. The fraction of sp³-hybridized carbons (Fsp3) is 0.286. The molecule has 1 aliphatic heterocycles. The number of carbonyl (C=O) groups is 1. The summed E-state index contributed by atoms with van der Waals surface area (Å²) in [6, 6.07) is 7.14. The number of aromatic nitrogens is 1. The van der Waals surface area contributed by atoms with E-state index >= 15 is 0 Å². The van der Waals surface area contributed by atoms with Crippen LogP contribution in [0.15, 0.2) is 28.7 Å².